The molecule has 0 fully saturated rings. The highest BCUT2D eigenvalue weighted by Gasteiger charge is 2.07. The SMILES string of the molecule is CCCCC[C@@H](N)c1cc(F)cc(Cl)c1.Cl. The van der Waals surface area contributed by atoms with Crippen molar-refractivity contribution in [3.63, 3.8) is 0 Å². The van der Waals surface area contributed by atoms with E-state index in [1.165, 1.54) is 12.1 Å². The number of halogens is 3. The third-order valence-electron chi connectivity index (χ3n) is 2.43. The molecule has 1 rings (SSSR count). The lowest BCUT2D eigenvalue weighted by Gasteiger charge is -2.12. The first-order chi connectivity index (χ1) is 7.13. The van der Waals surface area contributed by atoms with Crippen LogP contribution in [0.25, 0.3) is 0 Å². The monoisotopic (exact) mass is 265 g/mol. The van der Waals surface area contributed by atoms with E-state index >= 15 is 0 Å². The van der Waals surface area contributed by atoms with Crippen LogP contribution in [0.1, 0.15) is 44.2 Å². The summed E-state index contributed by atoms with van der Waals surface area (Å²) in [5.41, 5.74) is 6.74. The van der Waals surface area contributed by atoms with Gasteiger partial charge in [-0.1, -0.05) is 37.8 Å². The zero-order valence-electron chi connectivity index (χ0n) is 9.38. The molecule has 0 aliphatic rings. The zero-order chi connectivity index (χ0) is 11.3. The van der Waals surface area contributed by atoms with Gasteiger partial charge in [-0.2, -0.15) is 0 Å². The van der Waals surface area contributed by atoms with Gasteiger partial charge in [0.05, 0.1) is 0 Å². The van der Waals surface area contributed by atoms with Gasteiger partial charge in [0.15, 0.2) is 0 Å². The normalized spacial score (nSPS) is 12.0. The van der Waals surface area contributed by atoms with Gasteiger partial charge in [0.2, 0.25) is 0 Å². The quantitative estimate of drug-likeness (QED) is 0.781. The minimum absolute atomic E-state index is 0. The van der Waals surface area contributed by atoms with Crippen molar-refractivity contribution in [2.75, 3.05) is 0 Å². The summed E-state index contributed by atoms with van der Waals surface area (Å²) in [7, 11) is 0. The van der Waals surface area contributed by atoms with Gasteiger partial charge in [0, 0.05) is 11.1 Å². The van der Waals surface area contributed by atoms with Gasteiger partial charge < -0.3 is 5.73 Å². The highest BCUT2D eigenvalue weighted by atomic mass is 35.5. The average molecular weight is 266 g/mol. The topological polar surface area (TPSA) is 26.0 Å². The maximum absolute atomic E-state index is 13.0. The van der Waals surface area contributed by atoms with Crippen LogP contribution in [0.5, 0.6) is 0 Å². The van der Waals surface area contributed by atoms with Crippen LogP contribution in [0, 0.1) is 5.82 Å². The maximum atomic E-state index is 13.0. The van der Waals surface area contributed by atoms with Crippen molar-refractivity contribution in [1.82, 2.24) is 0 Å². The smallest absolute Gasteiger partial charge is 0.125 e. The van der Waals surface area contributed by atoms with Crippen molar-refractivity contribution in [3.05, 3.63) is 34.6 Å². The lowest BCUT2D eigenvalue weighted by atomic mass is 10.0. The van der Waals surface area contributed by atoms with Gasteiger partial charge in [0.1, 0.15) is 5.82 Å². The van der Waals surface area contributed by atoms with Crippen LogP contribution in [0.4, 0.5) is 4.39 Å². The van der Waals surface area contributed by atoms with E-state index in [-0.39, 0.29) is 24.3 Å². The van der Waals surface area contributed by atoms with E-state index in [0.29, 0.717) is 5.02 Å². The molecule has 0 radical (unpaired) electrons. The van der Waals surface area contributed by atoms with Crippen molar-refractivity contribution in [2.45, 2.75) is 38.6 Å². The van der Waals surface area contributed by atoms with Gasteiger partial charge in [-0.25, -0.2) is 4.39 Å². The van der Waals surface area contributed by atoms with Crippen LogP contribution in [0.15, 0.2) is 18.2 Å². The van der Waals surface area contributed by atoms with E-state index in [1.807, 2.05) is 0 Å². The fourth-order valence-corrected chi connectivity index (χ4v) is 1.80. The molecule has 0 aliphatic carbocycles. The fraction of sp³-hybridized carbons (Fsp3) is 0.500. The summed E-state index contributed by atoms with van der Waals surface area (Å²) < 4.78 is 13.0. The lowest BCUT2D eigenvalue weighted by molar-refractivity contribution is 0.572. The number of rotatable bonds is 5. The Bertz CT molecular complexity index is 298. The van der Waals surface area contributed by atoms with Crippen LogP contribution in [0.3, 0.4) is 0 Å². The molecule has 0 saturated carbocycles. The summed E-state index contributed by atoms with van der Waals surface area (Å²) in [5.74, 6) is -0.316. The second kappa shape index (κ2) is 7.88. The number of benzene rings is 1. The summed E-state index contributed by atoms with van der Waals surface area (Å²) >= 11 is 5.76. The Labute approximate surface area is 108 Å². The molecular weight excluding hydrogens is 248 g/mol. The summed E-state index contributed by atoms with van der Waals surface area (Å²) in [6, 6.07) is 4.39. The largest absolute Gasteiger partial charge is 0.324 e. The molecule has 0 saturated heterocycles. The molecule has 2 N–H and O–H groups in total. The predicted molar refractivity (Wildman–Crippen MR) is 69.7 cm³/mol. The van der Waals surface area contributed by atoms with E-state index in [1.54, 1.807) is 6.07 Å². The summed E-state index contributed by atoms with van der Waals surface area (Å²) in [6.07, 6.45) is 4.28. The highest BCUT2D eigenvalue weighted by Crippen LogP contribution is 2.22. The van der Waals surface area contributed by atoms with Crippen LogP contribution in [-0.4, -0.2) is 0 Å². The van der Waals surface area contributed by atoms with Crippen molar-refractivity contribution in [1.29, 1.82) is 0 Å². The van der Waals surface area contributed by atoms with E-state index < -0.39 is 0 Å². The first kappa shape index (κ1) is 15.7. The van der Waals surface area contributed by atoms with Crippen molar-refractivity contribution >= 4 is 24.0 Å². The van der Waals surface area contributed by atoms with Crippen molar-refractivity contribution in [3.8, 4) is 0 Å². The molecule has 0 aromatic heterocycles. The maximum Gasteiger partial charge on any atom is 0.125 e. The lowest BCUT2D eigenvalue weighted by Crippen LogP contribution is -2.10. The Balaban J connectivity index is 0.00000225. The molecule has 0 spiro atoms. The number of hydrogen-bond acceptors (Lipinski definition) is 1. The van der Waals surface area contributed by atoms with Gasteiger partial charge in [-0.15, -0.1) is 12.4 Å². The Morgan fingerprint density at radius 3 is 2.56 bits per heavy atom. The Hall–Kier alpha value is -0.310. The van der Waals surface area contributed by atoms with Crippen molar-refractivity contribution in [2.24, 2.45) is 5.73 Å². The van der Waals surface area contributed by atoms with Gasteiger partial charge in [-0.05, 0) is 30.2 Å². The molecular formula is C12H18Cl2FN. The second-order valence-electron chi connectivity index (χ2n) is 3.81. The second-order valence-corrected chi connectivity index (χ2v) is 4.24. The molecule has 92 valence electrons. The Morgan fingerprint density at radius 2 is 2.00 bits per heavy atom. The van der Waals surface area contributed by atoms with Crippen LogP contribution in [-0.2, 0) is 0 Å². The molecule has 1 atom stereocenters. The minimum Gasteiger partial charge on any atom is -0.324 e. The van der Waals surface area contributed by atoms with E-state index in [9.17, 15) is 4.39 Å². The van der Waals surface area contributed by atoms with Crippen LogP contribution in [0.2, 0.25) is 5.02 Å². The zero-order valence-corrected chi connectivity index (χ0v) is 11.0. The molecule has 4 heteroatoms. The Morgan fingerprint density at radius 1 is 1.31 bits per heavy atom. The number of nitrogens with two attached hydrogens (primary N) is 1. The molecule has 1 aromatic carbocycles. The van der Waals surface area contributed by atoms with E-state index in [2.05, 4.69) is 6.92 Å². The summed E-state index contributed by atoms with van der Waals surface area (Å²) in [4.78, 5) is 0. The third-order valence-corrected chi connectivity index (χ3v) is 2.65. The number of unbranched alkanes of at least 4 members (excludes halogenated alkanes) is 2. The summed E-state index contributed by atoms with van der Waals surface area (Å²) in [6.45, 7) is 2.14. The molecule has 0 amide bonds. The average Bonchev–Trinajstić information content (AvgIpc) is 2.16. The number of hydrogen-bond donors (Lipinski definition) is 1. The van der Waals surface area contributed by atoms with E-state index in [4.69, 9.17) is 17.3 Å². The van der Waals surface area contributed by atoms with Gasteiger partial charge in [0.25, 0.3) is 0 Å². The molecule has 0 aliphatic heterocycles. The standard InChI is InChI=1S/C12H17ClFN.ClH/c1-2-3-4-5-12(15)9-6-10(13)8-11(14)7-9;/h6-8,12H,2-5,15H2,1H3;1H/t12-;/m1./s1. The van der Waals surface area contributed by atoms with Gasteiger partial charge >= 0.3 is 0 Å². The highest BCUT2D eigenvalue weighted by molar-refractivity contribution is 6.30. The summed E-state index contributed by atoms with van der Waals surface area (Å²) in [5, 5.41) is 0.413. The first-order valence-electron chi connectivity index (χ1n) is 5.35. The molecule has 1 nitrogen and oxygen atoms in total. The van der Waals surface area contributed by atoms with E-state index in [0.717, 1.165) is 31.2 Å². The Kier molecular flexibility index (Phi) is 7.73. The molecule has 0 unspecified atom stereocenters. The first-order valence-corrected chi connectivity index (χ1v) is 5.73. The van der Waals surface area contributed by atoms with Crippen LogP contribution < -0.4 is 5.73 Å². The molecule has 0 heterocycles. The van der Waals surface area contributed by atoms with Crippen LogP contribution >= 0.6 is 24.0 Å². The fourth-order valence-electron chi connectivity index (χ4n) is 1.57. The molecule has 16 heavy (non-hydrogen) atoms. The predicted octanol–water partition coefficient (Wildman–Crippen LogP) is 4.48. The third kappa shape index (κ3) is 5.15. The molecule has 1 aromatic rings. The van der Waals surface area contributed by atoms with Crippen molar-refractivity contribution < 1.29 is 4.39 Å². The van der Waals surface area contributed by atoms with Gasteiger partial charge in [-0.3, -0.25) is 0 Å². The minimum atomic E-state index is -0.316. The molecule has 0 bridgehead atoms.